The molecule has 0 spiro atoms. The van der Waals surface area contributed by atoms with Gasteiger partial charge < -0.3 is 10.4 Å². The summed E-state index contributed by atoms with van der Waals surface area (Å²) in [7, 11) is 0. The number of carboxylic acids is 1. The molecule has 0 aliphatic rings. The monoisotopic (exact) mass is 449 g/mol. The zero-order chi connectivity index (χ0) is 15.4. The van der Waals surface area contributed by atoms with Gasteiger partial charge in [0.15, 0.2) is 0 Å². The molecule has 2 rings (SSSR count). The zero-order valence-electron chi connectivity index (χ0n) is 10.4. The van der Waals surface area contributed by atoms with Crippen LogP contribution in [0, 0.1) is 0 Å². The molecule has 0 fully saturated rings. The van der Waals surface area contributed by atoms with Crippen molar-refractivity contribution in [1.82, 2.24) is 5.32 Å². The quantitative estimate of drug-likeness (QED) is 0.665. The maximum Gasteiger partial charge on any atom is 0.328 e. The van der Waals surface area contributed by atoms with Crippen LogP contribution < -0.4 is 5.32 Å². The largest absolute Gasteiger partial charge is 0.478 e. The van der Waals surface area contributed by atoms with Crippen molar-refractivity contribution in [2.24, 2.45) is 0 Å². The third-order valence-electron chi connectivity index (χ3n) is 2.40. The molecule has 2 heterocycles. The zero-order valence-corrected chi connectivity index (χ0v) is 15.2. The average molecular weight is 451 g/mol. The van der Waals surface area contributed by atoms with E-state index in [-0.39, 0.29) is 5.91 Å². The molecule has 2 aromatic rings. The first-order valence-corrected chi connectivity index (χ1v) is 8.90. The van der Waals surface area contributed by atoms with Crippen LogP contribution in [0.15, 0.2) is 31.8 Å². The number of amides is 1. The number of carbonyl (C=O) groups excluding carboxylic acids is 1. The highest BCUT2D eigenvalue weighted by Crippen LogP contribution is 2.31. The van der Waals surface area contributed by atoms with Gasteiger partial charge >= 0.3 is 5.97 Å². The Morgan fingerprint density at radius 3 is 2.67 bits per heavy atom. The van der Waals surface area contributed by atoms with E-state index in [1.54, 1.807) is 6.07 Å². The lowest BCUT2D eigenvalue weighted by molar-refractivity contribution is -0.131. The third-order valence-corrected chi connectivity index (χ3v) is 5.79. The summed E-state index contributed by atoms with van der Waals surface area (Å²) in [6.45, 7) is 0.407. The van der Waals surface area contributed by atoms with Crippen molar-refractivity contribution < 1.29 is 14.7 Å². The van der Waals surface area contributed by atoms with Crippen molar-refractivity contribution in [3.8, 4) is 0 Å². The maximum absolute atomic E-state index is 12.0. The highest BCUT2D eigenvalue weighted by Gasteiger charge is 2.13. The lowest BCUT2D eigenvalue weighted by Gasteiger charge is -2.02. The van der Waals surface area contributed by atoms with Gasteiger partial charge in [-0.05, 0) is 56.1 Å². The summed E-state index contributed by atoms with van der Waals surface area (Å²) in [5.74, 6) is -1.13. The molecule has 4 nitrogen and oxygen atoms in total. The number of carbonyl (C=O) groups is 2. The Morgan fingerprint density at radius 1 is 1.29 bits per heavy atom. The molecule has 0 aromatic carbocycles. The molecule has 1 amide bonds. The van der Waals surface area contributed by atoms with Gasteiger partial charge in [0.2, 0.25) is 0 Å². The molecular weight excluding hydrogens is 442 g/mol. The minimum absolute atomic E-state index is 0.153. The van der Waals surface area contributed by atoms with Gasteiger partial charge in [0.05, 0.1) is 19.7 Å². The van der Waals surface area contributed by atoms with E-state index in [9.17, 15) is 9.59 Å². The first-order chi connectivity index (χ1) is 9.95. The molecule has 0 aliphatic carbocycles. The van der Waals surface area contributed by atoms with Crippen LogP contribution in [0.25, 0.3) is 6.08 Å². The number of aliphatic carboxylic acids is 1. The van der Waals surface area contributed by atoms with Crippen molar-refractivity contribution in [3.63, 3.8) is 0 Å². The van der Waals surface area contributed by atoms with Crippen LogP contribution in [0.3, 0.4) is 0 Å². The van der Waals surface area contributed by atoms with Gasteiger partial charge in [-0.2, -0.15) is 0 Å². The summed E-state index contributed by atoms with van der Waals surface area (Å²) in [5.41, 5.74) is 0.592. The van der Waals surface area contributed by atoms with Crippen LogP contribution in [0.5, 0.6) is 0 Å². The second-order valence-corrected chi connectivity index (χ2v) is 8.85. The van der Waals surface area contributed by atoms with Crippen LogP contribution >= 0.6 is 54.5 Å². The topological polar surface area (TPSA) is 66.4 Å². The van der Waals surface area contributed by atoms with E-state index < -0.39 is 5.97 Å². The molecule has 2 aromatic heterocycles. The van der Waals surface area contributed by atoms with E-state index in [2.05, 4.69) is 37.2 Å². The predicted molar refractivity (Wildman–Crippen MR) is 91.9 cm³/mol. The van der Waals surface area contributed by atoms with E-state index in [0.717, 1.165) is 23.4 Å². The summed E-state index contributed by atoms with van der Waals surface area (Å²) >= 11 is 9.56. The minimum Gasteiger partial charge on any atom is -0.478 e. The lowest BCUT2D eigenvalue weighted by Crippen LogP contribution is -2.22. The average Bonchev–Trinajstić information content (AvgIpc) is 3.00. The summed E-state index contributed by atoms with van der Waals surface area (Å²) in [5, 5.41) is 11.4. The Bertz CT molecular complexity index is 706. The van der Waals surface area contributed by atoms with Crippen LogP contribution in [0.4, 0.5) is 0 Å². The second-order valence-electron chi connectivity index (χ2n) is 3.90. The third kappa shape index (κ3) is 4.77. The molecule has 0 bridgehead atoms. The smallest absolute Gasteiger partial charge is 0.328 e. The van der Waals surface area contributed by atoms with Gasteiger partial charge in [-0.25, -0.2) is 4.79 Å². The Balaban J connectivity index is 1.95. The Labute approximate surface area is 145 Å². The number of rotatable bonds is 5. The van der Waals surface area contributed by atoms with Gasteiger partial charge in [0, 0.05) is 15.8 Å². The van der Waals surface area contributed by atoms with E-state index >= 15 is 0 Å². The molecular formula is C13H9Br2NO3S2. The number of thiophene rings is 2. The van der Waals surface area contributed by atoms with Crippen molar-refractivity contribution in [2.45, 2.75) is 6.54 Å². The van der Waals surface area contributed by atoms with Gasteiger partial charge in [-0.15, -0.1) is 22.7 Å². The van der Waals surface area contributed by atoms with Crippen molar-refractivity contribution in [3.05, 3.63) is 47.2 Å². The van der Waals surface area contributed by atoms with Gasteiger partial charge in [0.25, 0.3) is 5.91 Å². The highest BCUT2D eigenvalue weighted by atomic mass is 79.9. The van der Waals surface area contributed by atoms with E-state index in [4.69, 9.17) is 5.11 Å². The van der Waals surface area contributed by atoms with Gasteiger partial charge in [0.1, 0.15) is 0 Å². The molecule has 0 saturated heterocycles. The van der Waals surface area contributed by atoms with Gasteiger partial charge in [-0.1, -0.05) is 0 Å². The summed E-state index contributed by atoms with van der Waals surface area (Å²) in [6.07, 6.45) is 2.62. The first-order valence-electron chi connectivity index (χ1n) is 5.68. The number of carboxylic acid groups (broad SMARTS) is 1. The summed E-state index contributed by atoms with van der Waals surface area (Å²) in [4.78, 5) is 24.3. The second kappa shape index (κ2) is 7.35. The van der Waals surface area contributed by atoms with Crippen LogP contribution in [-0.4, -0.2) is 17.0 Å². The summed E-state index contributed by atoms with van der Waals surface area (Å²) in [6, 6.07) is 5.45. The number of hydrogen-bond acceptors (Lipinski definition) is 4. The van der Waals surface area contributed by atoms with Crippen molar-refractivity contribution >= 4 is 72.5 Å². The lowest BCUT2D eigenvalue weighted by atomic mass is 10.3. The standard InChI is InChI=1S/C13H9Br2NO3S2/c14-10-5-9(12(15)21-10)13(19)16-6-8-2-1-7(20-8)3-4-11(17)18/h1-5H,6H2,(H,16,19)(H,17,18)/b4-3+. The Kier molecular flexibility index (Phi) is 5.74. The molecule has 0 radical (unpaired) electrons. The molecule has 0 atom stereocenters. The summed E-state index contributed by atoms with van der Waals surface area (Å²) < 4.78 is 1.67. The van der Waals surface area contributed by atoms with E-state index in [1.807, 2.05) is 12.1 Å². The number of hydrogen-bond donors (Lipinski definition) is 2. The van der Waals surface area contributed by atoms with Crippen molar-refractivity contribution in [2.75, 3.05) is 0 Å². The normalized spacial score (nSPS) is 11.0. The van der Waals surface area contributed by atoms with E-state index in [1.165, 1.54) is 28.7 Å². The molecule has 2 N–H and O–H groups in total. The number of nitrogens with one attached hydrogen (secondary N) is 1. The molecule has 0 unspecified atom stereocenters. The number of halogens is 2. The van der Waals surface area contributed by atoms with Crippen LogP contribution in [0.1, 0.15) is 20.1 Å². The fourth-order valence-corrected chi connectivity index (χ4v) is 5.14. The molecule has 0 aliphatic heterocycles. The Morgan fingerprint density at radius 2 is 2.05 bits per heavy atom. The van der Waals surface area contributed by atoms with Crippen LogP contribution in [-0.2, 0) is 11.3 Å². The van der Waals surface area contributed by atoms with Gasteiger partial charge in [-0.3, -0.25) is 4.79 Å². The fraction of sp³-hybridized carbons (Fsp3) is 0.0769. The first kappa shape index (κ1) is 16.4. The Hall–Kier alpha value is -0.960. The molecule has 21 heavy (non-hydrogen) atoms. The predicted octanol–water partition coefficient (Wildman–Crippen LogP) is 4.36. The molecule has 0 saturated carbocycles. The SMILES string of the molecule is O=C(O)/C=C/c1ccc(CNC(=O)c2cc(Br)sc2Br)s1. The molecule has 110 valence electrons. The minimum atomic E-state index is -0.980. The molecule has 8 heteroatoms. The van der Waals surface area contributed by atoms with E-state index in [0.29, 0.717) is 12.1 Å². The van der Waals surface area contributed by atoms with Crippen molar-refractivity contribution in [1.29, 1.82) is 0 Å². The highest BCUT2D eigenvalue weighted by molar-refractivity contribution is 9.12. The fourth-order valence-electron chi connectivity index (χ4n) is 1.49. The van der Waals surface area contributed by atoms with Crippen LogP contribution in [0.2, 0.25) is 0 Å². The maximum atomic E-state index is 12.0.